The lowest BCUT2D eigenvalue weighted by Gasteiger charge is -2.35. The monoisotopic (exact) mass is 737 g/mol. The summed E-state index contributed by atoms with van der Waals surface area (Å²) in [6, 6.07) is 5.95. The molecule has 15 nitrogen and oxygen atoms in total. The van der Waals surface area contributed by atoms with Crippen LogP contribution < -0.4 is 14.9 Å². The van der Waals surface area contributed by atoms with E-state index < -0.39 is 16.1 Å². The largest absolute Gasteiger partial charge is 0.390 e. The average Bonchev–Trinajstić information content (AvgIpc) is 3.67. The molecule has 0 saturated carbocycles. The van der Waals surface area contributed by atoms with E-state index in [9.17, 15) is 18.3 Å². The van der Waals surface area contributed by atoms with E-state index in [0.29, 0.717) is 95.2 Å². The van der Waals surface area contributed by atoms with Crippen molar-refractivity contribution in [3.05, 3.63) is 52.3 Å². The summed E-state index contributed by atoms with van der Waals surface area (Å²) in [5, 5.41) is 19.4. The van der Waals surface area contributed by atoms with E-state index >= 15 is 0 Å². The maximum Gasteiger partial charge on any atom is 0.256 e. The van der Waals surface area contributed by atoms with Crippen LogP contribution in [0.1, 0.15) is 46.9 Å². The number of likely N-dealkylation sites (tertiary alicyclic amines) is 1. The van der Waals surface area contributed by atoms with Crippen LogP contribution >= 0.6 is 11.6 Å². The van der Waals surface area contributed by atoms with Crippen molar-refractivity contribution >= 4 is 44.7 Å². The van der Waals surface area contributed by atoms with Gasteiger partial charge in [-0.1, -0.05) is 11.6 Å². The van der Waals surface area contributed by atoms with Gasteiger partial charge in [-0.25, -0.2) is 17.9 Å². The van der Waals surface area contributed by atoms with Gasteiger partial charge in [0.15, 0.2) is 5.65 Å². The number of aryl methyl sites for hydroxylation is 1. The van der Waals surface area contributed by atoms with E-state index in [-0.39, 0.29) is 29.2 Å². The highest BCUT2D eigenvalue weighted by atomic mass is 35.5. The van der Waals surface area contributed by atoms with Gasteiger partial charge in [-0.15, -0.1) is 0 Å². The number of aliphatic hydroxyl groups is 1. The molecule has 3 N–H and O–H groups in total. The minimum absolute atomic E-state index is 0.146. The predicted molar refractivity (Wildman–Crippen MR) is 190 cm³/mol. The maximum atomic E-state index is 13.9. The van der Waals surface area contributed by atoms with Crippen molar-refractivity contribution in [3.8, 4) is 0 Å². The van der Waals surface area contributed by atoms with E-state index in [1.165, 1.54) is 12.1 Å². The van der Waals surface area contributed by atoms with Gasteiger partial charge in [0.05, 0.1) is 87.6 Å². The molecule has 17 heteroatoms. The highest BCUT2D eigenvalue weighted by molar-refractivity contribution is 7.92. The maximum absolute atomic E-state index is 13.9. The first kappa shape index (κ1) is 38.1. The lowest BCUT2D eigenvalue weighted by atomic mass is 9.98. The number of aromatic nitrogens is 3. The van der Waals surface area contributed by atoms with Crippen molar-refractivity contribution in [1.82, 2.24) is 24.8 Å². The number of aliphatic hydroxyl groups excluding tert-OH is 1. The third kappa shape index (κ3) is 10.3. The molecule has 0 spiro atoms. The van der Waals surface area contributed by atoms with Crippen LogP contribution in [-0.2, 0) is 29.0 Å². The average molecular weight is 738 g/mol. The van der Waals surface area contributed by atoms with Crippen LogP contribution in [0.25, 0.3) is 5.65 Å². The molecule has 0 bridgehead atoms. The third-order valence-electron chi connectivity index (χ3n) is 8.65. The number of nitrogens with one attached hydrogen (secondary N) is 2. The Labute approximate surface area is 298 Å². The molecule has 276 valence electrons. The fraction of sp³-hybridized carbons (Fsp3) is 0.606. The number of benzene rings is 1. The molecule has 2 aliphatic heterocycles. The molecule has 2 aromatic heterocycles. The SMILES string of the molecule is COCCOCCOCCOCCN[C@@H]1CN(c2nc3cc([C@@H]4CCCCN4C(=O)c4cc(Cl)ccc4NS(C)(=O)=O)nn3cc2C)C[C@@H]1O. The summed E-state index contributed by atoms with van der Waals surface area (Å²) in [6.07, 6.45) is 4.79. The molecule has 2 saturated heterocycles. The molecule has 3 aromatic rings. The second-order valence-corrected chi connectivity index (χ2v) is 14.7. The predicted octanol–water partition coefficient (Wildman–Crippen LogP) is 2.27. The number of amides is 1. The van der Waals surface area contributed by atoms with Gasteiger partial charge in [-0.05, 0) is 44.4 Å². The van der Waals surface area contributed by atoms with Gasteiger partial charge in [0.2, 0.25) is 10.0 Å². The van der Waals surface area contributed by atoms with Crippen molar-refractivity contribution in [1.29, 1.82) is 0 Å². The topological polar surface area (TPSA) is 169 Å². The molecular weight excluding hydrogens is 690 g/mol. The van der Waals surface area contributed by atoms with Gasteiger partial charge in [-0.3, -0.25) is 9.52 Å². The summed E-state index contributed by atoms with van der Waals surface area (Å²) in [6.45, 7) is 7.64. The van der Waals surface area contributed by atoms with Gasteiger partial charge in [0, 0.05) is 56.1 Å². The summed E-state index contributed by atoms with van der Waals surface area (Å²) in [5.74, 6) is 0.437. The molecule has 1 aromatic carbocycles. The second-order valence-electron chi connectivity index (χ2n) is 12.6. The Morgan fingerprint density at radius 2 is 1.76 bits per heavy atom. The smallest absolute Gasteiger partial charge is 0.256 e. The van der Waals surface area contributed by atoms with Gasteiger partial charge in [-0.2, -0.15) is 5.10 Å². The van der Waals surface area contributed by atoms with Gasteiger partial charge >= 0.3 is 0 Å². The molecule has 50 heavy (non-hydrogen) atoms. The van der Waals surface area contributed by atoms with Crippen molar-refractivity contribution in [2.24, 2.45) is 0 Å². The van der Waals surface area contributed by atoms with Crippen LogP contribution in [0.4, 0.5) is 11.5 Å². The molecule has 5 rings (SSSR count). The Bertz CT molecular complexity index is 1690. The molecule has 0 radical (unpaired) electrons. The zero-order valence-electron chi connectivity index (χ0n) is 28.8. The van der Waals surface area contributed by atoms with Crippen LogP contribution in [-0.4, -0.2) is 137 Å². The number of rotatable bonds is 18. The summed E-state index contributed by atoms with van der Waals surface area (Å²) in [7, 11) is -1.99. The first-order chi connectivity index (χ1) is 24.0. The highest BCUT2D eigenvalue weighted by Crippen LogP contribution is 2.34. The number of methoxy groups -OCH3 is 1. The number of hydrogen-bond acceptors (Lipinski definition) is 12. The van der Waals surface area contributed by atoms with Gasteiger partial charge in [0.1, 0.15) is 5.82 Å². The number of β-amino-alcohol motifs (C(OH)–C–C–N with tert-alkyl or cyclic N) is 1. The van der Waals surface area contributed by atoms with E-state index in [4.69, 9.17) is 40.6 Å². The summed E-state index contributed by atoms with van der Waals surface area (Å²) >= 11 is 6.24. The molecule has 3 atom stereocenters. The van der Waals surface area contributed by atoms with Crippen LogP contribution in [0, 0.1) is 6.92 Å². The number of anilines is 2. The van der Waals surface area contributed by atoms with Crippen LogP contribution in [0.3, 0.4) is 0 Å². The van der Waals surface area contributed by atoms with E-state index in [0.717, 1.165) is 30.5 Å². The van der Waals surface area contributed by atoms with Crippen molar-refractivity contribution in [3.63, 3.8) is 0 Å². The zero-order valence-corrected chi connectivity index (χ0v) is 30.4. The zero-order chi connectivity index (χ0) is 35.7. The van der Waals surface area contributed by atoms with Gasteiger partial charge in [0.25, 0.3) is 5.91 Å². The number of halogens is 1. The Balaban J connectivity index is 1.18. The van der Waals surface area contributed by atoms with Crippen molar-refractivity contribution in [2.45, 2.75) is 44.4 Å². The van der Waals surface area contributed by atoms with Crippen LogP contribution in [0.2, 0.25) is 5.02 Å². The minimum Gasteiger partial charge on any atom is -0.390 e. The lowest BCUT2D eigenvalue weighted by molar-refractivity contribution is 0.00369. The molecule has 1 amide bonds. The third-order valence-corrected chi connectivity index (χ3v) is 9.48. The number of sulfonamides is 1. The quantitative estimate of drug-likeness (QED) is 0.163. The Morgan fingerprint density at radius 1 is 1.04 bits per heavy atom. The lowest BCUT2D eigenvalue weighted by Crippen LogP contribution is -2.40. The molecule has 0 unspecified atom stereocenters. The Kier molecular flexibility index (Phi) is 13.7. The van der Waals surface area contributed by atoms with Crippen LogP contribution in [0.15, 0.2) is 30.5 Å². The van der Waals surface area contributed by atoms with E-state index in [2.05, 4.69) is 14.9 Å². The van der Waals surface area contributed by atoms with E-state index in [1.807, 2.05) is 19.2 Å². The number of ether oxygens (including phenoxy) is 4. The number of piperidine rings is 1. The van der Waals surface area contributed by atoms with Crippen molar-refractivity contribution < 1.29 is 37.3 Å². The van der Waals surface area contributed by atoms with Crippen molar-refractivity contribution in [2.75, 3.05) is 95.4 Å². The molecule has 4 heterocycles. The number of nitrogens with zero attached hydrogens (tertiary/aromatic N) is 5. The second kappa shape index (κ2) is 17.9. The summed E-state index contributed by atoms with van der Waals surface area (Å²) in [4.78, 5) is 22.7. The van der Waals surface area contributed by atoms with Crippen LogP contribution in [0.5, 0.6) is 0 Å². The number of fused-ring (bicyclic) bond motifs is 1. The van der Waals surface area contributed by atoms with Gasteiger partial charge < -0.3 is 39.2 Å². The minimum atomic E-state index is -3.62. The van der Waals surface area contributed by atoms with E-state index in [1.54, 1.807) is 22.6 Å². The fourth-order valence-corrected chi connectivity index (χ4v) is 7.03. The molecule has 2 aliphatic rings. The summed E-state index contributed by atoms with van der Waals surface area (Å²) < 4.78 is 49.6. The number of carbonyl (C=O) groups is 1. The first-order valence-electron chi connectivity index (χ1n) is 16.9. The Hall–Kier alpha value is -3.09. The molecule has 2 fully saturated rings. The highest BCUT2D eigenvalue weighted by Gasteiger charge is 2.34. The number of hydrogen-bond donors (Lipinski definition) is 3. The fourth-order valence-electron chi connectivity index (χ4n) is 6.28. The molecule has 0 aliphatic carbocycles. The molecular formula is C33H48ClN7O8S. The Morgan fingerprint density at radius 3 is 2.48 bits per heavy atom. The number of carbonyl (C=O) groups excluding carboxylic acids is 1. The normalized spacial score (nSPS) is 19.8. The first-order valence-corrected chi connectivity index (χ1v) is 19.1. The summed E-state index contributed by atoms with van der Waals surface area (Å²) in [5.41, 5.74) is 2.59. The standard InChI is InChI=1S/C33H48ClN7O8S/c1-23-20-41-31(36-32(23)39-21-28(30(42)22-39)35-9-11-47-14-15-49-17-16-48-13-12-46-2)19-27(37-41)29-6-4-5-10-40(29)33(43)25-18-24(34)7-8-26(25)38-50(3,44)45/h7-8,18-20,28-30,35,38,42H,4-6,9-17,21-22H2,1-3H3/t28-,29+,30+/m1/s1.